The van der Waals surface area contributed by atoms with E-state index in [2.05, 4.69) is 17.1 Å². The molecule has 0 amide bonds. The van der Waals surface area contributed by atoms with E-state index < -0.39 is 0 Å². The second kappa shape index (κ2) is 4.93. The van der Waals surface area contributed by atoms with Crippen LogP contribution in [0.25, 0.3) is 0 Å². The van der Waals surface area contributed by atoms with Crippen LogP contribution in [-0.4, -0.2) is 23.5 Å². The van der Waals surface area contributed by atoms with E-state index in [9.17, 15) is 5.11 Å². The minimum atomic E-state index is -0.108. The van der Waals surface area contributed by atoms with Crippen LogP contribution < -0.4 is 5.43 Å². The Kier molecular flexibility index (Phi) is 3.80. The van der Waals surface area contributed by atoms with Gasteiger partial charge in [-0.2, -0.15) is 5.10 Å². The number of aliphatic hydroxyl groups excluding tert-OH is 1. The number of nitrogens with one attached hydrogen (secondary N) is 1. The SMILES string of the molecule is C=CCNN=C1CCC(O)CC1. The molecule has 3 heteroatoms. The van der Waals surface area contributed by atoms with Crippen molar-refractivity contribution in [1.82, 2.24) is 5.43 Å². The summed E-state index contributed by atoms with van der Waals surface area (Å²) in [6, 6.07) is 0. The van der Waals surface area contributed by atoms with Crippen molar-refractivity contribution in [3.05, 3.63) is 12.7 Å². The van der Waals surface area contributed by atoms with Gasteiger partial charge < -0.3 is 10.5 Å². The molecule has 1 saturated carbocycles. The lowest BCUT2D eigenvalue weighted by atomic mass is 9.96. The maximum absolute atomic E-state index is 9.21. The summed E-state index contributed by atoms with van der Waals surface area (Å²) in [5, 5.41) is 13.4. The van der Waals surface area contributed by atoms with Gasteiger partial charge in [-0.3, -0.25) is 0 Å². The maximum atomic E-state index is 9.21. The summed E-state index contributed by atoms with van der Waals surface area (Å²) in [7, 11) is 0. The molecule has 12 heavy (non-hydrogen) atoms. The summed E-state index contributed by atoms with van der Waals surface area (Å²) in [5.74, 6) is 0. The second-order valence-electron chi connectivity index (χ2n) is 3.06. The Morgan fingerprint density at radius 3 is 2.83 bits per heavy atom. The molecule has 0 spiro atoms. The third kappa shape index (κ3) is 3.05. The molecule has 2 N–H and O–H groups in total. The average molecular weight is 168 g/mol. The summed E-state index contributed by atoms with van der Waals surface area (Å²) in [6.07, 6.45) is 5.23. The van der Waals surface area contributed by atoms with Crippen molar-refractivity contribution < 1.29 is 5.11 Å². The predicted molar refractivity (Wildman–Crippen MR) is 50.1 cm³/mol. The Labute approximate surface area is 73.2 Å². The largest absolute Gasteiger partial charge is 0.393 e. The lowest BCUT2D eigenvalue weighted by Gasteiger charge is -2.17. The van der Waals surface area contributed by atoms with Crippen LogP contribution in [0.5, 0.6) is 0 Å². The van der Waals surface area contributed by atoms with E-state index >= 15 is 0 Å². The highest BCUT2D eigenvalue weighted by atomic mass is 16.3. The van der Waals surface area contributed by atoms with Gasteiger partial charge in [-0.1, -0.05) is 6.08 Å². The summed E-state index contributed by atoms with van der Waals surface area (Å²) < 4.78 is 0. The average Bonchev–Trinajstić information content (AvgIpc) is 2.09. The van der Waals surface area contributed by atoms with Gasteiger partial charge in [0.05, 0.1) is 12.6 Å². The Balaban J connectivity index is 2.23. The molecule has 0 atom stereocenters. The third-order valence-electron chi connectivity index (χ3n) is 2.01. The van der Waals surface area contributed by atoms with Crippen molar-refractivity contribution in [2.45, 2.75) is 31.8 Å². The van der Waals surface area contributed by atoms with Gasteiger partial charge in [0.1, 0.15) is 0 Å². The van der Waals surface area contributed by atoms with Gasteiger partial charge >= 0.3 is 0 Å². The maximum Gasteiger partial charge on any atom is 0.0547 e. The highest BCUT2D eigenvalue weighted by molar-refractivity contribution is 5.84. The van der Waals surface area contributed by atoms with E-state index in [0.29, 0.717) is 6.54 Å². The van der Waals surface area contributed by atoms with Gasteiger partial charge in [0, 0.05) is 5.71 Å². The first-order valence-electron chi connectivity index (χ1n) is 4.40. The van der Waals surface area contributed by atoms with Crippen LogP contribution in [-0.2, 0) is 0 Å². The molecule has 0 radical (unpaired) electrons. The van der Waals surface area contributed by atoms with Crippen LogP contribution in [0.2, 0.25) is 0 Å². The quantitative estimate of drug-likeness (QED) is 0.376. The van der Waals surface area contributed by atoms with Gasteiger partial charge in [0.2, 0.25) is 0 Å². The fraction of sp³-hybridized carbons (Fsp3) is 0.667. The van der Waals surface area contributed by atoms with E-state index in [1.807, 2.05) is 0 Å². The van der Waals surface area contributed by atoms with Gasteiger partial charge in [-0.25, -0.2) is 0 Å². The highest BCUT2D eigenvalue weighted by Gasteiger charge is 2.14. The van der Waals surface area contributed by atoms with Gasteiger partial charge in [0.25, 0.3) is 0 Å². The Hall–Kier alpha value is -0.830. The Morgan fingerprint density at radius 2 is 2.25 bits per heavy atom. The molecule has 1 aliphatic carbocycles. The molecule has 0 aromatic heterocycles. The van der Waals surface area contributed by atoms with E-state index in [-0.39, 0.29) is 6.10 Å². The van der Waals surface area contributed by atoms with Crippen LogP contribution in [0, 0.1) is 0 Å². The van der Waals surface area contributed by atoms with Gasteiger partial charge in [-0.15, -0.1) is 6.58 Å². The van der Waals surface area contributed by atoms with Crippen molar-refractivity contribution in [3.63, 3.8) is 0 Å². The van der Waals surface area contributed by atoms with Crippen molar-refractivity contribution >= 4 is 5.71 Å². The molecule has 3 nitrogen and oxygen atoms in total. The molecule has 0 aromatic carbocycles. The number of hydrogen-bond acceptors (Lipinski definition) is 3. The van der Waals surface area contributed by atoms with Crippen LogP contribution in [0.3, 0.4) is 0 Å². The van der Waals surface area contributed by atoms with E-state index in [1.54, 1.807) is 6.08 Å². The minimum absolute atomic E-state index is 0.108. The van der Waals surface area contributed by atoms with E-state index in [4.69, 9.17) is 0 Å². The highest BCUT2D eigenvalue weighted by Crippen LogP contribution is 2.15. The molecule has 0 saturated heterocycles. The van der Waals surface area contributed by atoms with Crippen molar-refractivity contribution in [1.29, 1.82) is 0 Å². The van der Waals surface area contributed by atoms with Gasteiger partial charge in [0.15, 0.2) is 0 Å². The molecular formula is C9H16N2O. The zero-order chi connectivity index (χ0) is 8.81. The summed E-state index contributed by atoms with van der Waals surface area (Å²) in [4.78, 5) is 0. The van der Waals surface area contributed by atoms with Crippen LogP contribution >= 0.6 is 0 Å². The van der Waals surface area contributed by atoms with E-state index in [0.717, 1.165) is 25.7 Å². The topological polar surface area (TPSA) is 44.6 Å². The molecule has 1 rings (SSSR count). The third-order valence-corrected chi connectivity index (χ3v) is 2.01. The number of aliphatic hydroxyl groups is 1. The van der Waals surface area contributed by atoms with Crippen LogP contribution in [0.15, 0.2) is 17.8 Å². The molecule has 0 aliphatic heterocycles. The first kappa shape index (κ1) is 9.26. The van der Waals surface area contributed by atoms with Crippen molar-refractivity contribution in [2.24, 2.45) is 5.10 Å². The Morgan fingerprint density at radius 1 is 1.58 bits per heavy atom. The minimum Gasteiger partial charge on any atom is -0.393 e. The van der Waals surface area contributed by atoms with Crippen LogP contribution in [0.4, 0.5) is 0 Å². The summed E-state index contributed by atoms with van der Waals surface area (Å²) in [5.41, 5.74) is 4.08. The molecule has 68 valence electrons. The molecule has 1 aliphatic rings. The van der Waals surface area contributed by atoms with Gasteiger partial charge in [-0.05, 0) is 25.7 Å². The summed E-state index contributed by atoms with van der Waals surface area (Å²) >= 11 is 0. The molecule has 0 unspecified atom stereocenters. The first-order valence-corrected chi connectivity index (χ1v) is 4.40. The fourth-order valence-electron chi connectivity index (χ4n) is 1.27. The smallest absolute Gasteiger partial charge is 0.0547 e. The molecule has 0 bridgehead atoms. The van der Waals surface area contributed by atoms with E-state index in [1.165, 1.54) is 5.71 Å². The lowest BCUT2D eigenvalue weighted by molar-refractivity contribution is 0.152. The fourth-order valence-corrected chi connectivity index (χ4v) is 1.27. The predicted octanol–water partition coefficient (Wildman–Crippen LogP) is 1.05. The second-order valence-corrected chi connectivity index (χ2v) is 3.06. The normalized spacial score (nSPS) is 23.4. The molecule has 1 fully saturated rings. The number of hydrazone groups is 1. The van der Waals surface area contributed by atoms with Crippen molar-refractivity contribution in [3.8, 4) is 0 Å². The molecule has 0 heterocycles. The number of nitrogens with zero attached hydrogens (tertiary/aromatic N) is 1. The summed E-state index contributed by atoms with van der Waals surface area (Å²) in [6.45, 7) is 4.30. The standard InChI is InChI=1S/C9H16N2O/c1-2-7-10-11-8-3-5-9(12)6-4-8/h2,9-10,12H,1,3-7H2. The van der Waals surface area contributed by atoms with Crippen LogP contribution in [0.1, 0.15) is 25.7 Å². The molecular weight excluding hydrogens is 152 g/mol. The molecule has 0 aromatic rings. The first-order chi connectivity index (χ1) is 5.83. The number of hydrogen-bond donors (Lipinski definition) is 2. The lowest BCUT2D eigenvalue weighted by Crippen LogP contribution is -2.20. The van der Waals surface area contributed by atoms with Crippen molar-refractivity contribution in [2.75, 3.05) is 6.54 Å². The number of rotatable bonds is 3. The zero-order valence-corrected chi connectivity index (χ0v) is 7.29. The monoisotopic (exact) mass is 168 g/mol. The zero-order valence-electron chi connectivity index (χ0n) is 7.29. The Bertz CT molecular complexity index is 167.